The van der Waals surface area contributed by atoms with Gasteiger partial charge in [-0.05, 0) is 37.4 Å². The molecular weight excluding hydrogens is 228 g/mol. The summed E-state index contributed by atoms with van der Waals surface area (Å²) >= 11 is 0. The summed E-state index contributed by atoms with van der Waals surface area (Å²) in [6.45, 7) is 0.921. The van der Waals surface area contributed by atoms with Crippen molar-refractivity contribution >= 4 is 5.69 Å². The van der Waals surface area contributed by atoms with Crippen molar-refractivity contribution in [2.24, 2.45) is 5.73 Å². The number of anilines is 1. The molecule has 1 aliphatic heterocycles. The topological polar surface area (TPSA) is 67.5 Å². The number of hydrogen-bond acceptors (Lipinski definition) is 4. The van der Waals surface area contributed by atoms with Crippen LogP contribution in [0.5, 0.6) is 0 Å². The minimum atomic E-state index is -0.854. The number of benzene rings is 1. The highest BCUT2D eigenvalue weighted by Crippen LogP contribution is 2.32. The average molecular weight is 250 g/mol. The fourth-order valence-corrected chi connectivity index (χ4v) is 2.63. The van der Waals surface area contributed by atoms with Gasteiger partial charge in [-0.3, -0.25) is 0 Å². The highest BCUT2D eigenvalue weighted by atomic mass is 16.5. The second kappa shape index (κ2) is 5.69. The molecule has 4 N–H and O–H groups in total. The number of hydrogen-bond donors (Lipinski definition) is 3. The zero-order valence-corrected chi connectivity index (χ0v) is 10.9. The molecule has 0 spiro atoms. The van der Waals surface area contributed by atoms with Gasteiger partial charge in [-0.1, -0.05) is 18.2 Å². The second-order valence-electron chi connectivity index (χ2n) is 4.99. The maximum absolute atomic E-state index is 10.8. The fraction of sp³-hybridized carbons (Fsp3) is 0.571. The van der Waals surface area contributed by atoms with Gasteiger partial charge in [0.1, 0.15) is 5.60 Å². The van der Waals surface area contributed by atoms with Crippen LogP contribution in [-0.4, -0.2) is 37.0 Å². The van der Waals surface area contributed by atoms with Gasteiger partial charge >= 0.3 is 0 Å². The Morgan fingerprint density at radius 3 is 2.94 bits per heavy atom. The molecule has 1 heterocycles. The van der Waals surface area contributed by atoms with Crippen molar-refractivity contribution < 1.29 is 9.84 Å². The van der Waals surface area contributed by atoms with Crippen LogP contribution >= 0.6 is 0 Å². The zero-order valence-electron chi connectivity index (χ0n) is 10.9. The van der Waals surface area contributed by atoms with E-state index >= 15 is 0 Å². The van der Waals surface area contributed by atoms with E-state index in [1.807, 2.05) is 18.2 Å². The summed E-state index contributed by atoms with van der Waals surface area (Å²) in [6, 6.07) is 8.17. The normalized spacial score (nSPS) is 21.2. The lowest BCUT2D eigenvalue weighted by Crippen LogP contribution is -2.49. The lowest BCUT2D eigenvalue weighted by Gasteiger charge is -2.33. The van der Waals surface area contributed by atoms with E-state index in [9.17, 15) is 5.11 Å². The van der Waals surface area contributed by atoms with Crippen LogP contribution in [0.1, 0.15) is 18.4 Å². The second-order valence-corrected chi connectivity index (χ2v) is 4.99. The van der Waals surface area contributed by atoms with Crippen LogP contribution in [0.25, 0.3) is 0 Å². The first-order valence-electron chi connectivity index (χ1n) is 6.45. The maximum Gasteiger partial charge on any atom is 0.108 e. The zero-order chi connectivity index (χ0) is 13.0. The molecule has 0 bridgehead atoms. The first-order chi connectivity index (χ1) is 8.69. The van der Waals surface area contributed by atoms with Crippen molar-refractivity contribution in [3.8, 4) is 0 Å². The molecule has 2 rings (SSSR count). The van der Waals surface area contributed by atoms with Crippen molar-refractivity contribution in [3.05, 3.63) is 29.8 Å². The van der Waals surface area contributed by atoms with E-state index in [1.165, 1.54) is 5.56 Å². The van der Waals surface area contributed by atoms with Crippen LogP contribution in [-0.2, 0) is 11.2 Å². The molecule has 0 aliphatic carbocycles. The number of rotatable bonds is 6. The number of nitrogens with two attached hydrogens (primary N) is 1. The number of methoxy groups -OCH3 is 1. The number of para-hydroxylation sites is 1. The Balaban J connectivity index is 2.10. The van der Waals surface area contributed by atoms with E-state index in [4.69, 9.17) is 10.5 Å². The molecule has 2 atom stereocenters. The van der Waals surface area contributed by atoms with E-state index in [-0.39, 0.29) is 6.04 Å². The summed E-state index contributed by atoms with van der Waals surface area (Å²) in [5.74, 6) is 0. The standard InChI is InChI=1S/C14H22N2O2/c1-18-10-14(17,7-4-8-15)13-9-11-5-2-3-6-12(11)16-13/h2-3,5-6,13,16-17H,4,7-10,15H2,1H3. The molecule has 1 aliphatic rings. The van der Waals surface area contributed by atoms with E-state index in [1.54, 1.807) is 7.11 Å². The highest BCUT2D eigenvalue weighted by Gasteiger charge is 2.39. The molecule has 100 valence electrons. The van der Waals surface area contributed by atoms with Crippen LogP contribution in [0, 0.1) is 0 Å². The van der Waals surface area contributed by atoms with Gasteiger partial charge in [-0.15, -0.1) is 0 Å². The number of aliphatic hydroxyl groups is 1. The van der Waals surface area contributed by atoms with Gasteiger partial charge in [0, 0.05) is 12.8 Å². The SMILES string of the molecule is COCC(O)(CCCN)C1Cc2ccccc2N1. The van der Waals surface area contributed by atoms with Gasteiger partial charge in [0.25, 0.3) is 0 Å². The molecule has 0 radical (unpaired) electrons. The third kappa shape index (κ3) is 2.66. The molecule has 0 amide bonds. The van der Waals surface area contributed by atoms with Crippen molar-refractivity contribution in [1.82, 2.24) is 0 Å². The van der Waals surface area contributed by atoms with Crippen molar-refractivity contribution in [2.75, 3.05) is 25.6 Å². The lowest BCUT2D eigenvalue weighted by molar-refractivity contribution is -0.0499. The Kier molecular flexibility index (Phi) is 4.22. The molecule has 1 aromatic rings. The molecule has 0 fully saturated rings. The van der Waals surface area contributed by atoms with Crippen molar-refractivity contribution in [3.63, 3.8) is 0 Å². The summed E-state index contributed by atoms with van der Waals surface area (Å²) in [5, 5.41) is 14.2. The summed E-state index contributed by atoms with van der Waals surface area (Å²) in [7, 11) is 1.62. The Morgan fingerprint density at radius 1 is 1.50 bits per heavy atom. The van der Waals surface area contributed by atoms with Crippen LogP contribution in [0.3, 0.4) is 0 Å². The van der Waals surface area contributed by atoms with Gasteiger partial charge < -0.3 is 20.9 Å². The number of nitrogens with one attached hydrogen (secondary N) is 1. The smallest absolute Gasteiger partial charge is 0.108 e. The van der Waals surface area contributed by atoms with Crippen LogP contribution < -0.4 is 11.1 Å². The largest absolute Gasteiger partial charge is 0.385 e. The molecule has 4 heteroatoms. The Hall–Kier alpha value is -1.10. The predicted molar refractivity (Wildman–Crippen MR) is 72.7 cm³/mol. The van der Waals surface area contributed by atoms with E-state index in [0.29, 0.717) is 19.6 Å². The van der Waals surface area contributed by atoms with Crippen LogP contribution in [0.15, 0.2) is 24.3 Å². The summed E-state index contributed by atoms with van der Waals surface area (Å²) in [6.07, 6.45) is 2.29. The number of fused-ring (bicyclic) bond motifs is 1. The third-order valence-corrected chi connectivity index (χ3v) is 3.63. The number of ether oxygens (including phenoxy) is 1. The van der Waals surface area contributed by atoms with Gasteiger partial charge in [0.2, 0.25) is 0 Å². The molecule has 18 heavy (non-hydrogen) atoms. The van der Waals surface area contributed by atoms with E-state index < -0.39 is 5.60 Å². The minimum Gasteiger partial charge on any atom is -0.385 e. The monoisotopic (exact) mass is 250 g/mol. The van der Waals surface area contributed by atoms with E-state index in [0.717, 1.165) is 18.5 Å². The van der Waals surface area contributed by atoms with E-state index in [2.05, 4.69) is 11.4 Å². The maximum atomic E-state index is 10.8. The molecule has 4 nitrogen and oxygen atoms in total. The summed E-state index contributed by atoms with van der Waals surface area (Å²) in [5.41, 5.74) is 7.06. The van der Waals surface area contributed by atoms with Gasteiger partial charge in [0.15, 0.2) is 0 Å². The van der Waals surface area contributed by atoms with Crippen molar-refractivity contribution in [2.45, 2.75) is 30.9 Å². The van der Waals surface area contributed by atoms with Crippen LogP contribution in [0.4, 0.5) is 5.69 Å². The average Bonchev–Trinajstić information content (AvgIpc) is 2.81. The summed E-state index contributed by atoms with van der Waals surface area (Å²) in [4.78, 5) is 0. The molecule has 0 saturated carbocycles. The van der Waals surface area contributed by atoms with Gasteiger partial charge in [-0.25, -0.2) is 0 Å². The van der Waals surface area contributed by atoms with Gasteiger partial charge in [-0.2, -0.15) is 0 Å². The van der Waals surface area contributed by atoms with Gasteiger partial charge in [0.05, 0.1) is 12.6 Å². The first-order valence-corrected chi connectivity index (χ1v) is 6.45. The fourth-order valence-electron chi connectivity index (χ4n) is 2.63. The molecule has 2 unspecified atom stereocenters. The minimum absolute atomic E-state index is 0.00130. The summed E-state index contributed by atoms with van der Waals surface area (Å²) < 4.78 is 5.18. The van der Waals surface area contributed by atoms with Crippen molar-refractivity contribution in [1.29, 1.82) is 0 Å². The molecule has 0 saturated heterocycles. The van der Waals surface area contributed by atoms with Crippen LogP contribution in [0.2, 0.25) is 0 Å². The molecule has 0 aromatic heterocycles. The Bertz CT molecular complexity index is 372. The third-order valence-electron chi connectivity index (χ3n) is 3.63. The Morgan fingerprint density at radius 2 is 2.28 bits per heavy atom. The lowest BCUT2D eigenvalue weighted by atomic mass is 9.88. The predicted octanol–water partition coefficient (Wildman–Crippen LogP) is 1.14. The first kappa shape index (κ1) is 13.3. The molecular formula is C14H22N2O2. The molecule has 1 aromatic carbocycles. The quantitative estimate of drug-likeness (QED) is 0.708. The Labute approximate surface area is 108 Å². The highest BCUT2D eigenvalue weighted by molar-refractivity contribution is 5.57.